The van der Waals surface area contributed by atoms with Gasteiger partial charge in [-0.05, 0) is 0 Å². The second-order valence-corrected chi connectivity index (χ2v) is 4.58. The van der Waals surface area contributed by atoms with Gasteiger partial charge in [0.15, 0.2) is 0 Å². The molecule has 0 fully saturated rings. The minimum Gasteiger partial charge on any atom is -0.813 e. The van der Waals surface area contributed by atoms with Crippen molar-refractivity contribution in [3.8, 4) is 0 Å². The Kier molecular flexibility index (Phi) is 29.7. The molecule has 0 aliphatic carbocycles. The van der Waals surface area contributed by atoms with Gasteiger partial charge in [-0.3, -0.25) is 0 Å². The second kappa shape index (κ2) is 17.5. The van der Waals surface area contributed by atoms with Gasteiger partial charge in [0.25, 0.3) is 0 Å². The van der Waals surface area contributed by atoms with E-state index >= 15 is 0 Å². The van der Waals surface area contributed by atoms with Gasteiger partial charge in [-0.15, -0.1) is 0 Å². The molecule has 19 heteroatoms. The topological polar surface area (TPSA) is 282 Å². The summed E-state index contributed by atoms with van der Waals surface area (Å²) in [5.41, 5.74) is 0. The fourth-order valence-corrected chi connectivity index (χ4v) is 0. The minimum atomic E-state index is -4.64. The number of rotatable bonds is 0. The molecule has 0 amide bonds. The summed E-state index contributed by atoms with van der Waals surface area (Å²) in [5, 5.41) is 0. The van der Waals surface area contributed by atoms with E-state index in [0.29, 0.717) is 0 Å². The summed E-state index contributed by atoms with van der Waals surface area (Å²) in [6.07, 6.45) is 0. The summed E-state index contributed by atoms with van der Waals surface area (Å²) in [6.45, 7) is 0. The standard InChI is InChI=1S/2H3O4P.2H3O3P.Zr/c2*1-5(2,3)4;2*1-4(2)3;/h2*(H3,1,2,3,4);2*4H,(H2,1,2,3);/q;;;;+4/p-4. The molecule has 0 aliphatic heterocycles. The van der Waals surface area contributed by atoms with Crippen LogP contribution in [0.5, 0.6) is 0 Å². The maximum absolute atomic E-state index is 8.88. The van der Waals surface area contributed by atoms with E-state index in [4.69, 9.17) is 67.2 Å². The van der Waals surface area contributed by atoms with Crippen LogP contribution in [0.2, 0.25) is 0 Å². The molecule has 19 heavy (non-hydrogen) atoms. The van der Waals surface area contributed by atoms with E-state index in [1.54, 1.807) is 0 Å². The molecule has 0 spiro atoms. The Morgan fingerprint density at radius 2 is 0.632 bits per heavy atom. The van der Waals surface area contributed by atoms with Gasteiger partial charge >= 0.3 is 41.8 Å². The molecule has 0 aromatic rings. The van der Waals surface area contributed by atoms with Gasteiger partial charge in [0, 0.05) is 0 Å². The molecule has 14 nitrogen and oxygen atoms in total. The quantitative estimate of drug-likeness (QED) is 0.189. The van der Waals surface area contributed by atoms with Crippen molar-refractivity contribution in [3.05, 3.63) is 0 Å². The van der Waals surface area contributed by atoms with Crippen LogP contribution in [-0.2, 0) is 44.5 Å². The van der Waals surface area contributed by atoms with Gasteiger partial charge in [0.1, 0.15) is 0 Å². The van der Waals surface area contributed by atoms with Crippen molar-refractivity contribution in [1.29, 1.82) is 0 Å². The van der Waals surface area contributed by atoms with Gasteiger partial charge in [0.2, 0.25) is 0 Å². The van der Waals surface area contributed by atoms with E-state index in [-0.39, 0.29) is 26.2 Å². The van der Waals surface area contributed by atoms with Crippen molar-refractivity contribution in [3.63, 3.8) is 0 Å². The Morgan fingerprint density at radius 3 is 0.632 bits per heavy atom. The molecule has 0 rings (SSSR count). The fraction of sp³-hybridized carbons (Fsp3) is 0. The van der Waals surface area contributed by atoms with Crippen molar-refractivity contribution in [2.75, 3.05) is 0 Å². The molecule has 0 aromatic heterocycles. The molecule has 0 saturated carbocycles. The molecule has 0 heterocycles. The van der Waals surface area contributed by atoms with Gasteiger partial charge in [-0.2, -0.15) is 0 Å². The Labute approximate surface area is 125 Å². The average molecular weight is 447 g/mol. The van der Waals surface area contributed by atoms with E-state index < -0.39 is 32.2 Å². The van der Waals surface area contributed by atoms with Gasteiger partial charge in [0.05, 0.1) is 0 Å². The van der Waals surface area contributed by atoms with Crippen molar-refractivity contribution in [2.24, 2.45) is 0 Å². The summed E-state index contributed by atoms with van der Waals surface area (Å²) in [7, 11) is -16.5. The Hall–Kier alpha value is 1.40. The molecule has 0 atom stereocenters. The molecule has 0 bridgehead atoms. The van der Waals surface area contributed by atoms with Crippen molar-refractivity contribution < 1.29 is 93.4 Å². The predicted molar refractivity (Wildman–Crippen MR) is 46.5 cm³/mol. The maximum atomic E-state index is 8.88. The van der Waals surface area contributed by atoms with Crippen LogP contribution in [0.3, 0.4) is 0 Å². The first kappa shape index (κ1) is 32.4. The van der Waals surface area contributed by atoms with E-state index in [9.17, 15) is 0 Å². The van der Waals surface area contributed by atoms with E-state index in [0.717, 1.165) is 0 Å². The van der Waals surface area contributed by atoms with Crippen LogP contribution >= 0.6 is 32.2 Å². The third kappa shape index (κ3) is 2980. The monoisotopic (exact) mass is 446 g/mol. The first-order valence-corrected chi connectivity index (χ1v) is 8.37. The summed E-state index contributed by atoms with van der Waals surface area (Å²) >= 11 is 0. The van der Waals surface area contributed by atoms with Gasteiger partial charge in [-0.25, -0.2) is 9.13 Å². The van der Waals surface area contributed by atoms with Crippen LogP contribution in [0, 0.1) is 0 Å². The van der Waals surface area contributed by atoms with Crippen LogP contribution in [0.15, 0.2) is 0 Å². The molecule has 116 valence electrons. The number of phosphoric acid groups is 2. The normalized spacial score (nSPS) is 9.89. The zero-order chi connectivity index (χ0) is 16.2. The first-order chi connectivity index (χ1) is 7.46. The van der Waals surface area contributed by atoms with Gasteiger partial charge < -0.3 is 58.1 Å². The Balaban J connectivity index is -0.0000000453. The zero-order valence-corrected chi connectivity index (χ0v) is 14.6. The van der Waals surface area contributed by atoms with Crippen LogP contribution in [-0.4, -0.2) is 29.4 Å². The molecule has 6 N–H and O–H groups in total. The van der Waals surface area contributed by atoms with E-state index in [1.165, 1.54) is 0 Å². The molecule has 0 aliphatic rings. The van der Waals surface area contributed by atoms with Gasteiger partial charge in [-0.1, -0.05) is 16.5 Å². The molecule has 0 unspecified atom stereocenters. The molecule has 0 aromatic carbocycles. The zero-order valence-electron chi connectivity index (χ0n) is 8.34. The summed E-state index contributed by atoms with van der Waals surface area (Å²) in [5.74, 6) is 0. The fourth-order valence-electron chi connectivity index (χ4n) is 0. The van der Waals surface area contributed by atoms with Crippen LogP contribution < -0.4 is 19.6 Å². The van der Waals surface area contributed by atoms with Crippen molar-refractivity contribution in [1.82, 2.24) is 0 Å². The van der Waals surface area contributed by atoms with Crippen LogP contribution in [0.1, 0.15) is 0 Å². The molecule has 0 radical (unpaired) electrons. The summed E-state index contributed by atoms with van der Waals surface area (Å²) in [6, 6.07) is 0. The second-order valence-electron chi connectivity index (χ2n) is 1.53. The average Bonchev–Trinajstić information content (AvgIpc) is 1.70. The van der Waals surface area contributed by atoms with Crippen LogP contribution in [0.25, 0.3) is 0 Å². The smallest absolute Gasteiger partial charge is 0.813 e. The van der Waals surface area contributed by atoms with Crippen molar-refractivity contribution in [2.45, 2.75) is 0 Å². The third-order valence-electron chi connectivity index (χ3n) is 0. The van der Waals surface area contributed by atoms with E-state index in [2.05, 4.69) is 0 Å². The van der Waals surface area contributed by atoms with Crippen LogP contribution in [0.4, 0.5) is 0 Å². The molecular formula is H8O14P4Zr. The Morgan fingerprint density at radius 1 is 0.632 bits per heavy atom. The largest absolute Gasteiger partial charge is 4.00 e. The first-order valence-electron chi connectivity index (χ1n) is 2.79. The number of hydrogen-bond acceptors (Lipinski definition) is 8. The Bertz CT molecular complexity index is 251. The predicted octanol–water partition coefficient (Wildman–Crippen LogP) is -5.67. The SMILES string of the molecule is O=P(O)(O)O.O=P(O)(O)O.O=[PH]([O-])[O-].O=[PH]([O-])[O-].[Zr+4]. The maximum Gasteiger partial charge on any atom is 4.00 e. The minimum absolute atomic E-state index is 0. The number of hydrogen-bond donors (Lipinski definition) is 6. The summed E-state index contributed by atoms with van der Waals surface area (Å²) < 4.78 is 34.8. The van der Waals surface area contributed by atoms with E-state index in [1.807, 2.05) is 0 Å². The summed E-state index contributed by atoms with van der Waals surface area (Å²) in [4.78, 5) is 77.2. The third-order valence-corrected chi connectivity index (χ3v) is 0. The molecule has 0 saturated heterocycles. The molecular weight excluding hydrogens is 439 g/mol. The van der Waals surface area contributed by atoms with Crippen molar-refractivity contribution >= 4 is 32.2 Å².